The molecule has 2 heterocycles. The molecule has 0 aliphatic carbocycles. The Labute approximate surface area is 108 Å². The van der Waals surface area contributed by atoms with Crippen LogP contribution in [0.25, 0.3) is 0 Å². The van der Waals surface area contributed by atoms with Crippen molar-refractivity contribution in [1.29, 1.82) is 0 Å². The number of fused-ring (bicyclic) bond motifs is 3. The fourth-order valence-electron chi connectivity index (χ4n) is 3.28. The summed E-state index contributed by atoms with van der Waals surface area (Å²) in [4.78, 5) is 0. The Balaban J connectivity index is 1.91. The van der Waals surface area contributed by atoms with Crippen molar-refractivity contribution in [2.24, 2.45) is 11.8 Å². The molecule has 3 atom stereocenters. The standard InChI is InChI=1S/C15H20O3/c1-2-3-10-6-7-17-15-12-8-11(16)4-5-14(12)18-9-13(10)15/h4-5,8,10,13,15-16H,2-3,6-7,9H2,1H3/t10?,13-,15+/m0/s1. The topological polar surface area (TPSA) is 38.7 Å². The van der Waals surface area contributed by atoms with Gasteiger partial charge in [-0.1, -0.05) is 19.8 Å². The van der Waals surface area contributed by atoms with Crippen molar-refractivity contribution < 1.29 is 14.6 Å². The number of hydrogen-bond donors (Lipinski definition) is 1. The molecule has 1 aromatic carbocycles. The highest BCUT2D eigenvalue weighted by atomic mass is 16.5. The highest BCUT2D eigenvalue weighted by molar-refractivity contribution is 5.42. The lowest BCUT2D eigenvalue weighted by molar-refractivity contribution is -0.0871. The predicted molar refractivity (Wildman–Crippen MR) is 68.8 cm³/mol. The molecule has 0 amide bonds. The number of benzene rings is 1. The average Bonchev–Trinajstić information content (AvgIpc) is 2.39. The lowest BCUT2D eigenvalue weighted by Crippen LogP contribution is -2.37. The molecule has 0 bridgehead atoms. The molecule has 1 unspecified atom stereocenters. The van der Waals surface area contributed by atoms with E-state index >= 15 is 0 Å². The maximum absolute atomic E-state index is 9.64. The van der Waals surface area contributed by atoms with Gasteiger partial charge in [-0.3, -0.25) is 0 Å². The number of ether oxygens (including phenoxy) is 2. The highest BCUT2D eigenvalue weighted by Crippen LogP contribution is 2.46. The van der Waals surface area contributed by atoms with Crippen LogP contribution in [0.1, 0.15) is 37.9 Å². The van der Waals surface area contributed by atoms with E-state index in [2.05, 4.69) is 6.92 Å². The van der Waals surface area contributed by atoms with Gasteiger partial charge in [-0.15, -0.1) is 0 Å². The van der Waals surface area contributed by atoms with Crippen LogP contribution >= 0.6 is 0 Å². The summed E-state index contributed by atoms with van der Waals surface area (Å²) >= 11 is 0. The van der Waals surface area contributed by atoms with Crippen LogP contribution in [0.2, 0.25) is 0 Å². The van der Waals surface area contributed by atoms with E-state index in [4.69, 9.17) is 9.47 Å². The van der Waals surface area contributed by atoms with Crippen LogP contribution in [0.3, 0.4) is 0 Å². The second-order valence-electron chi connectivity index (χ2n) is 5.33. The lowest BCUT2D eigenvalue weighted by atomic mass is 9.77. The normalized spacial score (nSPS) is 30.2. The Morgan fingerprint density at radius 1 is 1.39 bits per heavy atom. The minimum atomic E-state index is 0.103. The first kappa shape index (κ1) is 11.8. The first-order chi connectivity index (χ1) is 8.79. The highest BCUT2D eigenvalue weighted by Gasteiger charge is 2.39. The third-order valence-corrected chi connectivity index (χ3v) is 4.17. The fraction of sp³-hybridized carbons (Fsp3) is 0.600. The molecule has 2 aliphatic heterocycles. The summed E-state index contributed by atoms with van der Waals surface area (Å²) in [6.45, 7) is 3.79. The number of aromatic hydroxyl groups is 1. The van der Waals surface area contributed by atoms with Gasteiger partial charge in [0.1, 0.15) is 11.5 Å². The van der Waals surface area contributed by atoms with Crippen molar-refractivity contribution in [3.8, 4) is 11.5 Å². The molecule has 1 fully saturated rings. The van der Waals surface area contributed by atoms with Crippen LogP contribution in [0, 0.1) is 11.8 Å². The van der Waals surface area contributed by atoms with Crippen LogP contribution in [-0.4, -0.2) is 18.3 Å². The second-order valence-corrected chi connectivity index (χ2v) is 5.33. The largest absolute Gasteiger partial charge is 0.508 e. The van der Waals surface area contributed by atoms with Crippen LogP contribution in [0.4, 0.5) is 0 Å². The van der Waals surface area contributed by atoms with Gasteiger partial charge >= 0.3 is 0 Å². The van der Waals surface area contributed by atoms with Gasteiger partial charge in [0.15, 0.2) is 0 Å². The van der Waals surface area contributed by atoms with Crippen molar-refractivity contribution in [2.75, 3.05) is 13.2 Å². The first-order valence-corrected chi connectivity index (χ1v) is 6.87. The van der Waals surface area contributed by atoms with Crippen molar-refractivity contribution in [2.45, 2.75) is 32.3 Å². The van der Waals surface area contributed by atoms with E-state index in [1.807, 2.05) is 6.07 Å². The van der Waals surface area contributed by atoms with Gasteiger partial charge in [-0.25, -0.2) is 0 Å². The zero-order chi connectivity index (χ0) is 12.5. The predicted octanol–water partition coefficient (Wildman–Crippen LogP) is 3.28. The van der Waals surface area contributed by atoms with Crippen LogP contribution in [0.15, 0.2) is 18.2 Å². The van der Waals surface area contributed by atoms with E-state index in [-0.39, 0.29) is 6.10 Å². The summed E-state index contributed by atoms with van der Waals surface area (Å²) < 4.78 is 11.8. The number of hydrogen-bond acceptors (Lipinski definition) is 3. The zero-order valence-corrected chi connectivity index (χ0v) is 10.8. The molecule has 3 heteroatoms. The van der Waals surface area contributed by atoms with Crippen molar-refractivity contribution in [1.82, 2.24) is 0 Å². The van der Waals surface area contributed by atoms with E-state index in [1.165, 1.54) is 12.8 Å². The van der Waals surface area contributed by atoms with E-state index in [1.54, 1.807) is 12.1 Å². The average molecular weight is 248 g/mol. The van der Waals surface area contributed by atoms with Gasteiger partial charge in [-0.05, 0) is 30.5 Å². The second kappa shape index (κ2) is 4.81. The SMILES string of the molecule is CCCC1CCO[C@@H]2c3cc(O)ccc3OC[C@@H]12. The van der Waals surface area contributed by atoms with Crippen LogP contribution in [0.5, 0.6) is 11.5 Å². The summed E-state index contributed by atoms with van der Waals surface area (Å²) in [7, 11) is 0. The Morgan fingerprint density at radius 3 is 3.11 bits per heavy atom. The minimum Gasteiger partial charge on any atom is -0.508 e. The molecule has 0 aromatic heterocycles. The van der Waals surface area contributed by atoms with Gasteiger partial charge in [0.05, 0.1) is 12.7 Å². The van der Waals surface area contributed by atoms with Crippen LogP contribution < -0.4 is 4.74 Å². The molecular formula is C15H20O3. The third-order valence-electron chi connectivity index (χ3n) is 4.17. The molecule has 0 radical (unpaired) electrons. The molecule has 18 heavy (non-hydrogen) atoms. The third kappa shape index (κ3) is 1.97. The van der Waals surface area contributed by atoms with E-state index in [0.29, 0.717) is 17.6 Å². The number of phenolic OH excluding ortho intramolecular Hbond substituents is 1. The van der Waals surface area contributed by atoms with E-state index in [9.17, 15) is 5.11 Å². The Hall–Kier alpha value is -1.22. The molecule has 1 saturated heterocycles. The van der Waals surface area contributed by atoms with Crippen molar-refractivity contribution >= 4 is 0 Å². The van der Waals surface area contributed by atoms with E-state index in [0.717, 1.165) is 30.9 Å². The molecule has 1 aromatic rings. The zero-order valence-electron chi connectivity index (χ0n) is 10.8. The minimum absolute atomic E-state index is 0.103. The maximum atomic E-state index is 9.64. The monoisotopic (exact) mass is 248 g/mol. The van der Waals surface area contributed by atoms with E-state index < -0.39 is 0 Å². The molecule has 0 saturated carbocycles. The maximum Gasteiger partial charge on any atom is 0.125 e. The molecular weight excluding hydrogens is 228 g/mol. The smallest absolute Gasteiger partial charge is 0.125 e. The Morgan fingerprint density at radius 2 is 2.28 bits per heavy atom. The summed E-state index contributed by atoms with van der Waals surface area (Å²) in [5.74, 6) is 2.28. The molecule has 3 rings (SSSR count). The lowest BCUT2D eigenvalue weighted by Gasteiger charge is -2.41. The summed E-state index contributed by atoms with van der Waals surface area (Å²) in [5.41, 5.74) is 1.02. The quantitative estimate of drug-likeness (QED) is 0.873. The number of phenols is 1. The molecule has 98 valence electrons. The number of rotatable bonds is 2. The Kier molecular flexibility index (Phi) is 3.16. The van der Waals surface area contributed by atoms with Crippen LogP contribution in [-0.2, 0) is 4.74 Å². The fourth-order valence-corrected chi connectivity index (χ4v) is 3.28. The Bertz CT molecular complexity index is 428. The van der Waals surface area contributed by atoms with Gasteiger partial charge < -0.3 is 14.6 Å². The molecule has 3 nitrogen and oxygen atoms in total. The molecule has 0 spiro atoms. The van der Waals surface area contributed by atoms with Gasteiger partial charge in [-0.2, -0.15) is 0 Å². The molecule has 2 aliphatic rings. The summed E-state index contributed by atoms with van der Waals surface area (Å²) in [5, 5.41) is 9.64. The van der Waals surface area contributed by atoms with Crippen molar-refractivity contribution in [3.05, 3.63) is 23.8 Å². The first-order valence-electron chi connectivity index (χ1n) is 6.87. The van der Waals surface area contributed by atoms with Gasteiger partial charge in [0.2, 0.25) is 0 Å². The summed E-state index contributed by atoms with van der Waals surface area (Å²) in [6, 6.07) is 5.31. The van der Waals surface area contributed by atoms with Gasteiger partial charge in [0.25, 0.3) is 0 Å². The summed E-state index contributed by atoms with van der Waals surface area (Å²) in [6.07, 6.45) is 3.68. The van der Waals surface area contributed by atoms with Gasteiger partial charge in [0, 0.05) is 18.1 Å². The van der Waals surface area contributed by atoms with Crippen molar-refractivity contribution in [3.63, 3.8) is 0 Å². The molecule has 1 N–H and O–H groups in total.